The van der Waals surface area contributed by atoms with Crippen molar-refractivity contribution in [2.75, 3.05) is 11.9 Å². The molecule has 0 spiro atoms. The summed E-state index contributed by atoms with van der Waals surface area (Å²) >= 11 is 1.62. The van der Waals surface area contributed by atoms with Crippen molar-refractivity contribution in [3.8, 4) is 10.6 Å². The van der Waals surface area contributed by atoms with E-state index in [1.165, 1.54) is 0 Å². The number of hydrazine groups is 1. The molecule has 2 unspecified atom stereocenters. The molecule has 0 saturated carbocycles. The number of nitrogens with one attached hydrogen (secondary N) is 3. The van der Waals surface area contributed by atoms with Gasteiger partial charge in [0.15, 0.2) is 0 Å². The second kappa shape index (κ2) is 5.87. The van der Waals surface area contributed by atoms with Crippen LogP contribution in [0.2, 0.25) is 0 Å². The molecule has 1 aromatic carbocycles. The molecule has 6 heteroatoms. The van der Waals surface area contributed by atoms with E-state index in [4.69, 9.17) is 0 Å². The van der Waals surface area contributed by atoms with Gasteiger partial charge in [0.05, 0.1) is 0 Å². The van der Waals surface area contributed by atoms with Crippen molar-refractivity contribution in [1.29, 1.82) is 0 Å². The fourth-order valence-electron chi connectivity index (χ4n) is 2.36. The van der Waals surface area contributed by atoms with E-state index in [0.29, 0.717) is 12.1 Å². The largest absolute Gasteiger partial charge is 0.383 e. The molecule has 0 radical (unpaired) electrons. The molecular formula is C14H19N5S. The molecule has 0 bridgehead atoms. The van der Waals surface area contributed by atoms with Crippen molar-refractivity contribution < 1.29 is 0 Å². The summed E-state index contributed by atoms with van der Waals surface area (Å²) in [7, 11) is 0. The first kappa shape index (κ1) is 13.5. The summed E-state index contributed by atoms with van der Waals surface area (Å²) in [4.78, 5) is 0. The summed E-state index contributed by atoms with van der Waals surface area (Å²) in [6.45, 7) is 5.07. The highest BCUT2D eigenvalue weighted by Crippen LogP contribution is 2.25. The number of hydrogen-bond donors (Lipinski definition) is 3. The van der Waals surface area contributed by atoms with Gasteiger partial charge in [0.25, 0.3) is 0 Å². The van der Waals surface area contributed by atoms with Crippen molar-refractivity contribution in [2.45, 2.75) is 32.4 Å². The zero-order valence-electron chi connectivity index (χ0n) is 11.7. The number of aromatic nitrogens is 2. The van der Waals surface area contributed by atoms with Crippen LogP contribution >= 0.6 is 11.3 Å². The molecule has 0 amide bonds. The normalized spacial score (nSPS) is 22.1. The first-order chi connectivity index (χ1) is 9.70. The highest BCUT2D eigenvalue weighted by atomic mass is 32.1. The second-order valence-electron chi connectivity index (χ2n) is 5.21. The highest BCUT2D eigenvalue weighted by molar-refractivity contribution is 7.14. The van der Waals surface area contributed by atoms with E-state index >= 15 is 0 Å². The van der Waals surface area contributed by atoms with Crippen molar-refractivity contribution in [3.63, 3.8) is 0 Å². The van der Waals surface area contributed by atoms with Crippen LogP contribution in [0.4, 0.5) is 5.69 Å². The Morgan fingerprint density at radius 2 is 2.25 bits per heavy atom. The first-order valence-electron chi connectivity index (χ1n) is 6.86. The van der Waals surface area contributed by atoms with E-state index in [-0.39, 0.29) is 0 Å². The van der Waals surface area contributed by atoms with Gasteiger partial charge in [-0.2, -0.15) is 0 Å². The van der Waals surface area contributed by atoms with Gasteiger partial charge >= 0.3 is 0 Å². The van der Waals surface area contributed by atoms with Crippen LogP contribution in [-0.2, 0) is 0 Å². The lowest BCUT2D eigenvalue weighted by Crippen LogP contribution is -2.35. The predicted octanol–water partition coefficient (Wildman–Crippen LogP) is 2.18. The molecule has 20 heavy (non-hydrogen) atoms. The number of hydrogen-bond acceptors (Lipinski definition) is 6. The molecule has 3 rings (SSSR count). The molecule has 1 aliphatic heterocycles. The van der Waals surface area contributed by atoms with Crippen LogP contribution in [0.5, 0.6) is 0 Å². The summed E-state index contributed by atoms with van der Waals surface area (Å²) in [6.07, 6.45) is 1.14. The lowest BCUT2D eigenvalue weighted by molar-refractivity contribution is 0.557. The van der Waals surface area contributed by atoms with E-state index in [1.807, 2.05) is 6.92 Å². The monoisotopic (exact) mass is 289 g/mol. The van der Waals surface area contributed by atoms with Crippen molar-refractivity contribution in [1.82, 2.24) is 21.0 Å². The van der Waals surface area contributed by atoms with Crippen molar-refractivity contribution >= 4 is 17.0 Å². The Labute approximate surface area is 122 Å². The van der Waals surface area contributed by atoms with Gasteiger partial charge < -0.3 is 5.32 Å². The van der Waals surface area contributed by atoms with Gasteiger partial charge in [-0.1, -0.05) is 23.5 Å². The molecular weight excluding hydrogens is 270 g/mol. The summed E-state index contributed by atoms with van der Waals surface area (Å²) in [5.74, 6) is 0. The summed E-state index contributed by atoms with van der Waals surface area (Å²) in [5, 5.41) is 13.7. The predicted molar refractivity (Wildman–Crippen MR) is 82.7 cm³/mol. The average Bonchev–Trinajstić information content (AvgIpc) is 3.06. The third kappa shape index (κ3) is 3.15. The minimum Gasteiger partial charge on any atom is -0.383 e. The van der Waals surface area contributed by atoms with E-state index < -0.39 is 0 Å². The zero-order chi connectivity index (χ0) is 13.9. The third-order valence-corrected chi connectivity index (χ3v) is 4.25. The van der Waals surface area contributed by atoms with Gasteiger partial charge in [0.1, 0.15) is 10.0 Å². The summed E-state index contributed by atoms with van der Waals surface area (Å²) in [5.41, 5.74) is 8.77. The Balaban J connectivity index is 1.65. The lowest BCUT2D eigenvalue weighted by Gasteiger charge is -2.12. The van der Waals surface area contributed by atoms with Crippen LogP contribution in [0.25, 0.3) is 10.6 Å². The smallest absolute Gasteiger partial charge is 0.147 e. The van der Waals surface area contributed by atoms with Crippen molar-refractivity contribution in [2.24, 2.45) is 0 Å². The Morgan fingerprint density at radius 1 is 1.35 bits per heavy atom. The minimum atomic E-state index is 0.470. The highest BCUT2D eigenvalue weighted by Gasteiger charge is 2.19. The maximum Gasteiger partial charge on any atom is 0.147 e. The number of aryl methyl sites for hydroxylation is 1. The molecule has 3 N–H and O–H groups in total. The van der Waals surface area contributed by atoms with E-state index in [2.05, 4.69) is 57.6 Å². The maximum absolute atomic E-state index is 4.19. The molecule has 1 aliphatic rings. The molecule has 1 fully saturated rings. The number of anilines is 1. The Morgan fingerprint density at radius 3 is 2.95 bits per heavy atom. The number of rotatable bonds is 4. The average molecular weight is 289 g/mol. The van der Waals surface area contributed by atoms with Gasteiger partial charge in [-0.25, -0.2) is 0 Å². The molecule has 2 heterocycles. The lowest BCUT2D eigenvalue weighted by atomic mass is 10.1. The van der Waals surface area contributed by atoms with Gasteiger partial charge in [0.2, 0.25) is 0 Å². The Hall–Kier alpha value is -1.50. The molecule has 2 aromatic rings. The van der Waals surface area contributed by atoms with Gasteiger partial charge in [-0.3, -0.25) is 10.9 Å². The zero-order valence-corrected chi connectivity index (χ0v) is 12.5. The molecule has 106 valence electrons. The van der Waals surface area contributed by atoms with Crippen LogP contribution in [0, 0.1) is 6.92 Å². The maximum atomic E-state index is 4.19. The van der Waals surface area contributed by atoms with Crippen LogP contribution in [0.1, 0.15) is 18.4 Å². The summed E-state index contributed by atoms with van der Waals surface area (Å²) < 4.78 is 0. The molecule has 0 aliphatic carbocycles. The fourth-order valence-corrected chi connectivity index (χ4v) is 3.04. The molecule has 2 atom stereocenters. The Kier molecular flexibility index (Phi) is 3.95. The SMILES string of the molecule is Cc1nnc(-c2cccc(NCC3CC(C)NN3)c2)s1. The molecule has 1 saturated heterocycles. The number of benzene rings is 1. The van der Waals surface area contributed by atoms with E-state index in [1.54, 1.807) is 11.3 Å². The third-order valence-electron chi connectivity index (χ3n) is 3.36. The van der Waals surface area contributed by atoms with Crippen LogP contribution in [0.3, 0.4) is 0 Å². The second-order valence-corrected chi connectivity index (χ2v) is 6.39. The van der Waals surface area contributed by atoms with Gasteiger partial charge in [0, 0.05) is 29.9 Å². The minimum absolute atomic E-state index is 0.470. The number of nitrogens with zero attached hydrogens (tertiary/aromatic N) is 2. The van der Waals surface area contributed by atoms with Gasteiger partial charge in [-0.05, 0) is 32.4 Å². The molecule has 1 aromatic heterocycles. The first-order valence-corrected chi connectivity index (χ1v) is 7.68. The fraction of sp³-hybridized carbons (Fsp3) is 0.429. The van der Waals surface area contributed by atoms with Crippen LogP contribution < -0.4 is 16.2 Å². The summed E-state index contributed by atoms with van der Waals surface area (Å²) in [6, 6.07) is 9.35. The van der Waals surface area contributed by atoms with E-state index in [0.717, 1.165) is 34.2 Å². The standard InChI is InChI=1S/C14H19N5S/c1-9-6-13(18-16-9)8-15-12-5-3-4-11(7-12)14-19-17-10(2)20-14/h3-5,7,9,13,15-16,18H,6,8H2,1-2H3. The quantitative estimate of drug-likeness (QED) is 0.805. The Bertz CT molecular complexity index is 582. The van der Waals surface area contributed by atoms with Crippen LogP contribution in [0.15, 0.2) is 24.3 Å². The van der Waals surface area contributed by atoms with Crippen LogP contribution in [-0.4, -0.2) is 28.8 Å². The topological polar surface area (TPSA) is 61.9 Å². The van der Waals surface area contributed by atoms with E-state index in [9.17, 15) is 0 Å². The molecule has 5 nitrogen and oxygen atoms in total. The van der Waals surface area contributed by atoms with Gasteiger partial charge in [-0.15, -0.1) is 10.2 Å². The van der Waals surface area contributed by atoms with Crippen molar-refractivity contribution in [3.05, 3.63) is 29.3 Å².